The molecule has 1 aliphatic carbocycles. The summed E-state index contributed by atoms with van der Waals surface area (Å²) in [5.74, 6) is -2.23. The van der Waals surface area contributed by atoms with E-state index in [-0.39, 0.29) is 23.2 Å². The second kappa shape index (κ2) is 9.19. The highest BCUT2D eigenvalue weighted by molar-refractivity contribution is 8.23. The van der Waals surface area contributed by atoms with Crippen molar-refractivity contribution in [3.05, 3.63) is 42.0 Å². The summed E-state index contributed by atoms with van der Waals surface area (Å²) >= 11 is 2.47. The number of fused-ring (bicyclic) bond motifs is 3. The molecule has 5 aliphatic rings. The number of benzene rings is 1. The maximum atomic E-state index is 14.3. The van der Waals surface area contributed by atoms with E-state index in [0.29, 0.717) is 45.6 Å². The van der Waals surface area contributed by atoms with E-state index in [1.54, 1.807) is 12.2 Å². The molecule has 4 unspecified atom stereocenters. The van der Waals surface area contributed by atoms with Crippen LogP contribution in [-0.4, -0.2) is 97.6 Å². The smallest absolute Gasteiger partial charge is 0.243 e. The largest absolute Gasteiger partial charge is 0.379 e. The van der Waals surface area contributed by atoms with Crippen LogP contribution < -0.4 is 0 Å². The fraction of sp³-hybridized carbons (Fsp3) is 0.600. The van der Waals surface area contributed by atoms with Crippen molar-refractivity contribution in [2.45, 2.75) is 24.5 Å². The Morgan fingerprint density at radius 2 is 1.49 bits per heavy atom. The van der Waals surface area contributed by atoms with E-state index in [1.807, 2.05) is 0 Å². The lowest BCUT2D eigenvalue weighted by Gasteiger charge is -2.29. The van der Waals surface area contributed by atoms with E-state index in [1.165, 1.54) is 32.1 Å². The zero-order chi connectivity index (χ0) is 25.1. The summed E-state index contributed by atoms with van der Waals surface area (Å²) in [6, 6.07) is 2.56. The topological polar surface area (TPSA) is 93.2 Å². The van der Waals surface area contributed by atoms with E-state index in [2.05, 4.69) is 0 Å². The Morgan fingerprint density at radius 1 is 0.886 bits per heavy atom. The number of thioether (sulfide) groups is 2. The summed E-state index contributed by atoms with van der Waals surface area (Å²) in [6.07, 6.45) is 3.43. The SMILES string of the molecule is O=S(=O)(N1CCOCC1)C12C=CC3SC3(F)C1S2.O=S(=O)(c1ccc(F)c(F)c1)N1CCOCC1. The van der Waals surface area contributed by atoms with Crippen LogP contribution in [0, 0.1) is 11.6 Å². The van der Waals surface area contributed by atoms with Crippen LogP contribution in [-0.2, 0) is 29.5 Å². The Hall–Kier alpha value is -0.810. The van der Waals surface area contributed by atoms with E-state index in [9.17, 15) is 30.0 Å². The number of morpholine rings is 2. The van der Waals surface area contributed by atoms with Crippen molar-refractivity contribution >= 4 is 43.6 Å². The van der Waals surface area contributed by atoms with Gasteiger partial charge in [-0.05, 0) is 18.2 Å². The van der Waals surface area contributed by atoms with E-state index < -0.39 is 46.0 Å². The fourth-order valence-electron chi connectivity index (χ4n) is 4.24. The van der Waals surface area contributed by atoms with Crippen molar-refractivity contribution in [2.24, 2.45) is 0 Å². The number of alkyl halides is 1. The van der Waals surface area contributed by atoms with Crippen molar-refractivity contribution in [1.29, 1.82) is 0 Å². The number of halogens is 3. The summed E-state index contributed by atoms with van der Waals surface area (Å²) in [4.78, 5) is -0.238. The Kier molecular flexibility index (Phi) is 6.78. The van der Waals surface area contributed by atoms with E-state index in [4.69, 9.17) is 9.47 Å². The lowest BCUT2D eigenvalue weighted by atomic mass is 10.1. The van der Waals surface area contributed by atoms with Gasteiger partial charge in [-0.1, -0.05) is 12.2 Å². The highest BCUT2D eigenvalue weighted by Crippen LogP contribution is 2.77. The fourth-order valence-corrected chi connectivity index (χ4v) is 11.4. The molecule has 4 atom stereocenters. The Morgan fingerprint density at radius 3 is 2.09 bits per heavy atom. The van der Waals surface area contributed by atoms with Crippen molar-refractivity contribution in [3.63, 3.8) is 0 Å². The van der Waals surface area contributed by atoms with Gasteiger partial charge in [-0.15, -0.1) is 23.5 Å². The zero-order valence-corrected chi connectivity index (χ0v) is 21.6. The van der Waals surface area contributed by atoms with Crippen LogP contribution in [0.3, 0.4) is 0 Å². The maximum absolute atomic E-state index is 14.3. The Balaban J connectivity index is 0.000000145. The van der Waals surface area contributed by atoms with Gasteiger partial charge in [0.2, 0.25) is 20.0 Å². The van der Waals surface area contributed by atoms with Crippen molar-refractivity contribution < 1.29 is 39.5 Å². The number of hydrogen-bond donors (Lipinski definition) is 0. The average molecular weight is 573 g/mol. The van der Waals surface area contributed by atoms with E-state index in [0.717, 1.165) is 12.1 Å². The third-order valence-corrected chi connectivity index (χ3v) is 14.4. The molecule has 1 aromatic rings. The van der Waals surface area contributed by atoms with Crippen LogP contribution in [0.15, 0.2) is 35.2 Å². The summed E-state index contributed by atoms with van der Waals surface area (Å²) in [6.45, 7) is 2.66. The number of ether oxygens (including phenoxy) is 2. The van der Waals surface area contributed by atoms with Gasteiger partial charge in [0.25, 0.3) is 0 Å². The molecule has 8 nitrogen and oxygen atoms in total. The predicted molar refractivity (Wildman–Crippen MR) is 126 cm³/mol. The van der Waals surface area contributed by atoms with Crippen LogP contribution in [0.5, 0.6) is 0 Å². The molecule has 0 spiro atoms. The number of hydrogen-bond acceptors (Lipinski definition) is 8. The summed E-state index contributed by atoms with van der Waals surface area (Å²) in [5.41, 5.74) is 0. The monoisotopic (exact) mass is 572 g/mol. The highest BCUT2D eigenvalue weighted by Gasteiger charge is 2.82. The molecule has 15 heteroatoms. The lowest BCUT2D eigenvalue weighted by Crippen LogP contribution is -2.48. The van der Waals surface area contributed by atoms with Crippen LogP contribution in [0.2, 0.25) is 0 Å². The quantitative estimate of drug-likeness (QED) is 0.399. The molecular weight excluding hydrogens is 549 g/mol. The van der Waals surface area contributed by atoms with Crippen molar-refractivity contribution in [2.75, 3.05) is 52.6 Å². The molecule has 4 fully saturated rings. The van der Waals surface area contributed by atoms with Crippen LogP contribution in [0.1, 0.15) is 0 Å². The molecule has 35 heavy (non-hydrogen) atoms. The van der Waals surface area contributed by atoms with Gasteiger partial charge in [-0.25, -0.2) is 30.0 Å². The minimum absolute atomic E-state index is 0.134. The molecule has 0 amide bonds. The third-order valence-electron chi connectivity index (χ3n) is 6.32. The van der Waals surface area contributed by atoms with Crippen LogP contribution in [0.4, 0.5) is 13.2 Å². The molecule has 1 aromatic carbocycles. The van der Waals surface area contributed by atoms with Gasteiger partial charge >= 0.3 is 0 Å². The van der Waals surface area contributed by atoms with E-state index >= 15 is 0 Å². The van der Waals surface area contributed by atoms with Gasteiger partial charge in [0.05, 0.1) is 41.8 Å². The molecule has 194 valence electrons. The summed E-state index contributed by atoms with van der Waals surface area (Å²) in [7, 11) is -7.23. The summed E-state index contributed by atoms with van der Waals surface area (Å²) in [5, 5.41) is -1.91. The molecule has 0 saturated carbocycles. The second-order valence-corrected chi connectivity index (χ2v) is 15.5. The maximum Gasteiger partial charge on any atom is 0.243 e. The Bertz CT molecular complexity index is 1240. The third kappa shape index (κ3) is 4.45. The highest BCUT2D eigenvalue weighted by atomic mass is 32.3. The number of nitrogens with zero attached hydrogens (tertiary/aromatic N) is 2. The normalized spacial score (nSPS) is 34.8. The van der Waals surface area contributed by atoms with Gasteiger partial charge < -0.3 is 9.47 Å². The molecule has 0 N–H and O–H groups in total. The van der Waals surface area contributed by atoms with Crippen LogP contribution in [0.25, 0.3) is 0 Å². The lowest BCUT2D eigenvalue weighted by molar-refractivity contribution is 0.0726. The minimum atomic E-state index is -3.75. The molecule has 4 aliphatic heterocycles. The number of sulfonamides is 2. The van der Waals surface area contributed by atoms with Crippen LogP contribution >= 0.6 is 23.5 Å². The molecule has 6 rings (SSSR count). The van der Waals surface area contributed by atoms with Gasteiger partial charge in [0.15, 0.2) is 20.7 Å². The van der Waals surface area contributed by atoms with Gasteiger partial charge in [-0.3, -0.25) is 0 Å². The van der Waals surface area contributed by atoms with Gasteiger partial charge in [0, 0.05) is 26.2 Å². The van der Waals surface area contributed by atoms with Crippen molar-refractivity contribution in [3.8, 4) is 0 Å². The Labute approximate surface area is 210 Å². The first kappa shape index (κ1) is 25.8. The molecule has 0 bridgehead atoms. The second-order valence-electron chi connectivity index (χ2n) is 8.42. The zero-order valence-electron chi connectivity index (χ0n) is 18.3. The minimum Gasteiger partial charge on any atom is -0.379 e. The summed E-state index contributed by atoms with van der Waals surface area (Å²) < 4.78 is 101. The molecule has 0 radical (unpaired) electrons. The van der Waals surface area contributed by atoms with Gasteiger partial charge in [0.1, 0.15) is 0 Å². The predicted octanol–water partition coefficient (Wildman–Crippen LogP) is 1.80. The van der Waals surface area contributed by atoms with Crippen molar-refractivity contribution in [1.82, 2.24) is 8.61 Å². The first-order chi connectivity index (χ1) is 16.5. The molecule has 4 saturated heterocycles. The molecular formula is C20H23F3N2O6S4. The first-order valence-corrected chi connectivity index (χ1v) is 15.5. The first-order valence-electron chi connectivity index (χ1n) is 10.9. The standard InChI is InChI=1S/C10H11F2NO3S.C10H12FNO3S3/c11-9-2-1-8(7-10(9)12)17(14,15)13-3-5-16-6-4-13;11-10-7(16-10)1-2-9(8(10)17-9)18(13,14)12-3-5-15-6-4-12/h1-2,7H,3-6H2;1-2,7-8H,3-6H2. The number of rotatable bonds is 4. The van der Waals surface area contributed by atoms with Gasteiger partial charge in [-0.2, -0.15) is 8.61 Å². The molecule has 4 heterocycles. The average Bonchev–Trinajstić information content (AvgIpc) is 3.76. The molecule has 0 aromatic heterocycles.